The van der Waals surface area contributed by atoms with Crippen LogP contribution in [0.2, 0.25) is 0 Å². The van der Waals surface area contributed by atoms with E-state index in [-0.39, 0.29) is 0 Å². The fourth-order valence-electron chi connectivity index (χ4n) is 3.58. The summed E-state index contributed by atoms with van der Waals surface area (Å²) >= 11 is 1.80. The van der Waals surface area contributed by atoms with Crippen molar-refractivity contribution in [1.29, 1.82) is 0 Å². The third-order valence-corrected chi connectivity index (χ3v) is 5.44. The Labute approximate surface area is 113 Å². The molecule has 0 saturated heterocycles. The summed E-state index contributed by atoms with van der Waals surface area (Å²) in [6.45, 7) is 5.19. The SMILES string of the molecule is CC(C)NCc1nnc(CC2CC3CCC2C3)s1. The average molecular weight is 265 g/mol. The minimum absolute atomic E-state index is 0.517. The zero-order valence-corrected chi connectivity index (χ0v) is 12.2. The van der Waals surface area contributed by atoms with Gasteiger partial charge in [-0.25, -0.2) is 0 Å². The molecule has 1 heterocycles. The van der Waals surface area contributed by atoms with Gasteiger partial charge < -0.3 is 5.32 Å². The molecule has 2 saturated carbocycles. The summed E-state index contributed by atoms with van der Waals surface area (Å²) in [5.41, 5.74) is 0. The van der Waals surface area contributed by atoms with Gasteiger partial charge in [-0.05, 0) is 37.0 Å². The van der Waals surface area contributed by atoms with Crippen LogP contribution >= 0.6 is 11.3 Å². The van der Waals surface area contributed by atoms with Gasteiger partial charge in [0.2, 0.25) is 0 Å². The number of rotatable bonds is 5. The third-order valence-electron chi connectivity index (χ3n) is 4.49. The van der Waals surface area contributed by atoms with Gasteiger partial charge in [-0.15, -0.1) is 21.5 Å². The van der Waals surface area contributed by atoms with Gasteiger partial charge in [-0.3, -0.25) is 0 Å². The molecule has 2 aliphatic rings. The summed E-state index contributed by atoms with van der Waals surface area (Å²) in [6, 6.07) is 0.517. The number of fused-ring (bicyclic) bond motifs is 2. The van der Waals surface area contributed by atoms with Gasteiger partial charge >= 0.3 is 0 Å². The molecule has 4 heteroatoms. The number of nitrogens with zero attached hydrogens (tertiary/aromatic N) is 2. The molecule has 0 aromatic carbocycles. The number of nitrogens with one attached hydrogen (secondary N) is 1. The van der Waals surface area contributed by atoms with Crippen molar-refractivity contribution in [3.05, 3.63) is 10.0 Å². The molecule has 3 unspecified atom stereocenters. The molecule has 18 heavy (non-hydrogen) atoms. The average Bonchev–Trinajstić information content (AvgIpc) is 3.02. The normalized spacial score (nSPS) is 30.5. The first kappa shape index (κ1) is 12.5. The van der Waals surface area contributed by atoms with Crippen LogP contribution in [-0.4, -0.2) is 16.2 Å². The maximum absolute atomic E-state index is 4.37. The third kappa shape index (κ3) is 2.75. The first-order valence-corrected chi connectivity index (χ1v) is 8.07. The van der Waals surface area contributed by atoms with E-state index in [0.717, 1.165) is 29.3 Å². The second kappa shape index (κ2) is 5.25. The van der Waals surface area contributed by atoms with E-state index >= 15 is 0 Å². The van der Waals surface area contributed by atoms with Crippen LogP contribution in [0.4, 0.5) is 0 Å². The summed E-state index contributed by atoms with van der Waals surface area (Å²) < 4.78 is 0. The highest BCUT2D eigenvalue weighted by Crippen LogP contribution is 2.49. The van der Waals surface area contributed by atoms with Crippen LogP contribution in [-0.2, 0) is 13.0 Å². The second-order valence-electron chi connectivity index (χ2n) is 6.26. The summed E-state index contributed by atoms with van der Waals surface area (Å²) in [4.78, 5) is 0. The number of hydrogen-bond acceptors (Lipinski definition) is 4. The van der Waals surface area contributed by atoms with Crippen LogP contribution in [0.15, 0.2) is 0 Å². The standard InChI is InChI=1S/C14H23N3S/c1-9(2)15-8-14-17-16-13(18-14)7-12-6-10-3-4-11(12)5-10/h9-12,15H,3-8H2,1-2H3. The van der Waals surface area contributed by atoms with Crippen LogP contribution in [0, 0.1) is 17.8 Å². The van der Waals surface area contributed by atoms with Crippen LogP contribution in [0.5, 0.6) is 0 Å². The predicted molar refractivity (Wildman–Crippen MR) is 74.5 cm³/mol. The minimum Gasteiger partial charge on any atom is -0.308 e. The lowest BCUT2D eigenvalue weighted by molar-refractivity contribution is 0.331. The first-order chi connectivity index (χ1) is 8.70. The Kier molecular flexibility index (Phi) is 3.66. The van der Waals surface area contributed by atoms with Gasteiger partial charge in [0.1, 0.15) is 10.0 Å². The van der Waals surface area contributed by atoms with E-state index in [1.807, 2.05) is 0 Å². The largest absolute Gasteiger partial charge is 0.308 e. The molecule has 3 atom stereocenters. The lowest BCUT2D eigenvalue weighted by Crippen LogP contribution is -2.21. The quantitative estimate of drug-likeness (QED) is 0.889. The van der Waals surface area contributed by atoms with Crippen molar-refractivity contribution in [2.45, 2.75) is 58.5 Å². The van der Waals surface area contributed by atoms with E-state index in [4.69, 9.17) is 0 Å². The van der Waals surface area contributed by atoms with Crippen LogP contribution in [0.25, 0.3) is 0 Å². The molecular weight excluding hydrogens is 242 g/mol. The lowest BCUT2D eigenvalue weighted by Gasteiger charge is -2.19. The van der Waals surface area contributed by atoms with Crippen LogP contribution < -0.4 is 5.32 Å². The Morgan fingerprint density at radius 3 is 2.72 bits per heavy atom. The van der Waals surface area contributed by atoms with Crippen molar-refractivity contribution in [1.82, 2.24) is 15.5 Å². The maximum atomic E-state index is 4.37. The summed E-state index contributed by atoms with van der Waals surface area (Å²) in [5.74, 6) is 2.94. The zero-order valence-electron chi connectivity index (χ0n) is 11.4. The Bertz CT molecular complexity index is 401. The first-order valence-electron chi connectivity index (χ1n) is 7.25. The lowest BCUT2D eigenvalue weighted by atomic mass is 9.87. The molecule has 2 bridgehead atoms. The van der Waals surface area contributed by atoms with Crippen molar-refractivity contribution < 1.29 is 0 Å². The van der Waals surface area contributed by atoms with Crippen molar-refractivity contribution in [2.75, 3.05) is 0 Å². The molecule has 1 N–H and O–H groups in total. The zero-order chi connectivity index (χ0) is 12.5. The van der Waals surface area contributed by atoms with Crippen LogP contribution in [0.1, 0.15) is 49.5 Å². The van der Waals surface area contributed by atoms with E-state index in [1.165, 1.54) is 37.1 Å². The van der Waals surface area contributed by atoms with E-state index in [1.54, 1.807) is 11.3 Å². The Hall–Kier alpha value is -0.480. The number of aromatic nitrogens is 2. The van der Waals surface area contributed by atoms with Gasteiger partial charge in [-0.2, -0.15) is 0 Å². The van der Waals surface area contributed by atoms with Gasteiger partial charge in [0.15, 0.2) is 0 Å². The van der Waals surface area contributed by atoms with Crippen molar-refractivity contribution >= 4 is 11.3 Å². The van der Waals surface area contributed by atoms with Gasteiger partial charge in [0.05, 0.1) is 0 Å². The molecule has 100 valence electrons. The molecule has 0 radical (unpaired) electrons. The summed E-state index contributed by atoms with van der Waals surface area (Å²) in [7, 11) is 0. The van der Waals surface area contributed by atoms with Crippen molar-refractivity contribution in [2.24, 2.45) is 17.8 Å². The monoisotopic (exact) mass is 265 g/mol. The predicted octanol–water partition coefficient (Wildman–Crippen LogP) is 3.01. The molecule has 3 rings (SSSR count). The second-order valence-corrected chi connectivity index (χ2v) is 7.41. The maximum Gasteiger partial charge on any atom is 0.131 e. The van der Waals surface area contributed by atoms with Gasteiger partial charge in [-0.1, -0.05) is 20.3 Å². The molecule has 0 amide bonds. The van der Waals surface area contributed by atoms with Gasteiger partial charge in [0.25, 0.3) is 0 Å². The summed E-state index contributed by atoms with van der Waals surface area (Å²) in [5, 5.41) is 14.5. The molecule has 0 aliphatic heterocycles. The van der Waals surface area contributed by atoms with E-state index in [9.17, 15) is 0 Å². The summed E-state index contributed by atoms with van der Waals surface area (Å²) in [6.07, 6.45) is 7.08. The molecule has 3 nitrogen and oxygen atoms in total. The number of hydrogen-bond donors (Lipinski definition) is 1. The van der Waals surface area contributed by atoms with Crippen molar-refractivity contribution in [3.63, 3.8) is 0 Å². The Morgan fingerprint density at radius 1 is 1.22 bits per heavy atom. The molecule has 2 fully saturated rings. The fourth-order valence-corrected chi connectivity index (χ4v) is 4.47. The molecule has 1 aromatic rings. The highest BCUT2D eigenvalue weighted by Gasteiger charge is 2.39. The molecule has 2 aliphatic carbocycles. The van der Waals surface area contributed by atoms with E-state index in [2.05, 4.69) is 29.4 Å². The molecule has 1 aromatic heterocycles. The minimum atomic E-state index is 0.517. The molecule has 0 spiro atoms. The highest BCUT2D eigenvalue weighted by molar-refractivity contribution is 7.11. The Balaban J connectivity index is 1.54. The smallest absolute Gasteiger partial charge is 0.131 e. The van der Waals surface area contributed by atoms with Crippen molar-refractivity contribution in [3.8, 4) is 0 Å². The van der Waals surface area contributed by atoms with Gasteiger partial charge in [0, 0.05) is 19.0 Å². The van der Waals surface area contributed by atoms with E-state index in [0.29, 0.717) is 6.04 Å². The highest BCUT2D eigenvalue weighted by atomic mass is 32.1. The topological polar surface area (TPSA) is 37.8 Å². The Morgan fingerprint density at radius 2 is 2.06 bits per heavy atom. The fraction of sp³-hybridized carbons (Fsp3) is 0.857. The van der Waals surface area contributed by atoms with E-state index < -0.39 is 0 Å². The van der Waals surface area contributed by atoms with Crippen LogP contribution in [0.3, 0.4) is 0 Å². The molecular formula is C14H23N3S.